The Bertz CT molecular complexity index is 796. The van der Waals surface area contributed by atoms with Gasteiger partial charge in [-0.1, -0.05) is 29.8 Å². The molecule has 3 heteroatoms. The summed E-state index contributed by atoms with van der Waals surface area (Å²) in [7, 11) is 0. The van der Waals surface area contributed by atoms with Crippen LogP contribution in [0.4, 0.5) is 4.39 Å². The zero-order chi connectivity index (χ0) is 15.1. The second kappa shape index (κ2) is 5.01. The van der Waals surface area contributed by atoms with Crippen molar-refractivity contribution in [3.8, 4) is 0 Å². The van der Waals surface area contributed by atoms with Gasteiger partial charge in [0.2, 0.25) is 0 Å². The molecule has 0 spiro atoms. The van der Waals surface area contributed by atoms with Crippen LogP contribution in [0.15, 0.2) is 40.8 Å². The third-order valence-electron chi connectivity index (χ3n) is 3.87. The van der Waals surface area contributed by atoms with Crippen molar-refractivity contribution in [3.63, 3.8) is 0 Å². The molecule has 3 aromatic rings. The van der Waals surface area contributed by atoms with Crippen LogP contribution in [0.2, 0.25) is 0 Å². The van der Waals surface area contributed by atoms with Gasteiger partial charge < -0.3 is 10.2 Å². The van der Waals surface area contributed by atoms with Crippen LogP contribution < -0.4 is 5.73 Å². The highest BCUT2D eigenvalue weighted by atomic mass is 19.1. The molecule has 1 atom stereocenters. The zero-order valence-corrected chi connectivity index (χ0v) is 12.4. The van der Waals surface area contributed by atoms with Crippen molar-refractivity contribution >= 4 is 11.0 Å². The van der Waals surface area contributed by atoms with E-state index in [2.05, 4.69) is 19.1 Å². The number of aryl methyl sites for hydroxylation is 3. The molecular formula is C18H18FNO. The standard InChI is InChI=1S/C18H18FNO/c1-10-7-11(2)16(12(3)8-10)17(20)15-9-13-5-4-6-14(19)18(13)21-15/h4-9,17H,20H2,1-3H3. The lowest BCUT2D eigenvalue weighted by Crippen LogP contribution is -2.14. The number of nitrogens with two attached hydrogens (primary N) is 1. The van der Waals surface area contributed by atoms with Crippen LogP contribution in [0.25, 0.3) is 11.0 Å². The van der Waals surface area contributed by atoms with E-state index in [0.717, 1.165) is 22.1 Å². The molecule has 2 N–H and O–H groups in total. The number of hydrogen-bond donors (Lipinski definition) is 1. The molecule has 0 bridgehead atoms. The van der Waals surface area contributed by atoms with E-state index < -0.39 is 6.04 Å². The van der Waals surface area contributed by atoms with Gasteiger partial charge in [-0.05, 0) is 49.6 Å². The highest BCUT2D eigenvalue weighted by molar-refractivity contribution is 5.78. The number of fused-ring (bicyclic) bond motifs is 1. The molecule has 21 heavy (non-hydrogen) atoms. The highest BCUT2D eigenvalue weighted by Crippen LogP contribution is 2.31. The van der Waals surface area contributed by atoms with E-state index in [9.17, 15) is 4.39 Å². The Balaban J connectivity index is 2.12. The third-order valence-corrected chi connectivity index (χ3v) is 3.87. The summed E-state index contributed by atoms with van der Waals surface area (Å²) in [4.78, 5) is 0. The number of rotatable bonds is 2. The van der Waals surface area contributed by atoms with E-state index in [1.807, 2.05) is 26.0 Å². The van der Waals surface area contributed by atoms with Gasteiger partial charge in [0.1, 0.15) is 5.76 Å². The fourth-order valence-corrected chi connectivity index (χ4v) is 3.02. The summed E-state index contributed by atoms with van der Waals surface area (Å²) < 4.78 is 19.4. The molecule has 108 valence electrons. The molecule has 1 unspecified atom stereocenters. The Labute approximate surface area is 123 Å². The SMILES string of the molecule is Cc1cc(C)c(C(N)c2cc3cccc(F)c3o2)c(C)c1. The number of para-hydroxylation sites is 1. The fourth-order valence-electron chi connectivity index (χ4n) is 3.02. The summed E-state index contributed by atoms with van der Waals surface area (Å²) in [5.41, 5.74) is 11.1. The van der Waals surface area contributed by atoms with Crippen LogP contribution in [0, 0.1) is 26.6 Å². The number of halogens is 1. The molecule has 2 aromatic carbocycles. The van der Waals surface area contributed by atoms with Crippen molar-refractivity contribution < 1.29 is 8.81 Å². The molecular weight excluding hydrogens is 265 g/mol. The van der Waals surface area contributed by atoms with Crippen LogP contribution in [0.3, 0.4) is 0 Å². The molecule has 0 saturated heterocycles. The minimum absolute atomic E-state index is 0.269. The number of benzene rings is 2. The second-order valence-corrected chi connectivity index (χ2v) is 5.60. The van der Waals surface area contributed by atoms with Crippen molar-refractivity contribution in [1.82, 2.24) is 0 Å². The Morgan fingerprint density at radius 3 is 2.33 bits per heavy atom. The number of furan rings is 1. The minimum Gasteiger partial charge on any atom is -0.456 e. The first-order chi connectivity index (χ1) is 9.97. The lowest BCUT2D eigenvalue weighted by molar-refractivity contribution is 0.501. The Kier molecular flexibility index (Phi) is 3.30. The lowest BCUT2D eigenvalue weighted by Gasteiger charge is -2.16. The van der Waals surface area contributed by atoms with Gasteiger partial charge in [0.05, 0.1) is 6.04 Å². The number of hydrogen-bond acceptors (Lipinski definition) is 2. The van der Waals surface area contributed by atoms with Gasteiger partial charge in [0.15, 0.2) is 11.4 Å². The van der Waals surface area contributed by atoms with Crippen molar-refractivity contribution in [1.29, 1.82) is 0 Å². The van der Waals surface area contributed by atoms with E-state index in [4.69, 9.17) is 10.2 Å². The summed E-state index contributed by atoms with van der Waals surface area (Å²) >= 11 is 0. The van der Waals surface area contributed by atoms with Crippen molar-refractivity contribution in [2.45, 2.75) is 26.8 Å². The minimum atomic E-state index is -0.391. The van der Waals surface area contributed by atoms with Crippen LogP contribution >= 0.6 is 0 Å². The molecule has 0 amide bonds. The molecule has 0 radical (unpaired) electrons. The van der Waals surface area contributed by atoms with Crippen molar-refractivity contribution in [2.75, 3.05) is 0 Å². The van der Waals surface area contributed by atoms with E-state index >= 15 is 0 Å². The first kappa shape index (κ1) is 13.8. The Hall–Kier alpha value is -2.13. The monoisotopic (exact) mass is 283 g/mol. The van der Waals surface area contributed by atoms with Gasteiger partial charge in [-0.2, -0.15) is 0 Å². The third kappa shape index (κ3) is 2.34. The smallest absolute Gasteiger partial charge is 0.169 e. The maximum atomic E-state index is 13.7. The van der Waals surface area contributed by atoms with Gasteiger partial charge in [-0.3, -0.25) is 0 Å². The van der Waals surface area contributed by atoms with E-state index in [1.165, 1.54) is 11.6 Å². The van der Waals surface area contributed by atoms with Crippen LogP contribution in [-0.4, -0.2) is 0 Å². The van der Waals surface area contributed by atoms with Gasteiger partial charge in [-0.15, -0.1) is 0 Å². The van der Waals surface area contributed by atoms with Crippen LogP contribution in [0.5, 0.6) is 0 Å². The zero-order valence-electron chi connectivity index (χ0n) is 12.4. The first-order valence-corrected chi connectivity index (χ1v) is 6.98. The lowest BCUT2D eigenvalue weighted by atomic mass is 9.93. The second-order valence-electron chi connectivity index (χ2n) is 5.60. The Morgan fingerprint density at radius 2 is 1.71 bits per heavy atom. The fraction of sp³-hybridized carbons (Fsp3) is 0.222. The molecule has 0 aliphatic rings. The first-order valence-electron chi connectivity index (χ1n) is 6.98. The molecule has 0 aliphatic heterocycles. The maximum absolute atomic E-state index is 13.7. The normalized spacial score (nSPS) is 12.8. The average molecular weight is 283 g/mol. The average Bonchev–Trinajstić information content (AvgIpc) is 2.82. The molecule has 0 fully saturated rings. The van der Waals surface area contributed by atoms with Gasteiger partial charge in [-0.25, -0.2) is 4.39 Å². The van der Waals surface area contributed by atoms with Gasteiger partial charge in [0, 0.05) is 5.39 Å². The maximum Gasteiger partial charge on any atom is 0.169 e. The molecule has 1 aromatic heterocycles. The summed E-state index contributed by atoms with van der Waals surface area (Å²) in [5, 5.41) is 0.739. The predicted molar refractivity (Wildman–Crippen MR) is 82.9 cm³/mol. The summed E-state index contributed by atoms with van der Waals surface area (Å²) in [6.45, 7) is 6.14. The van der Waals surface area contributed by atoms with E-state index in [0.29, 0.717) is 5.76 Å². The quantitative estimate of drug-likeness (QED) is 0.749. The van der Waals surface area contributed by atoms with Gasteiger partial charge in [0.25, 0.3) is 0 Å². The molecule has 2 nitrogen and oxygen atoms in total. The van der Waals surface area contributed by atoms with Crippen molar-refractivity contribution in [2.24, 2.45) is 5.73 Å². The summed E-state index contributed by atoms with van der Waals surface area (Å²) in [6.07, 6.45) is 0. The van der Waals surface area contributed by atoms with Crippen LogP contribution in [-0.2, 0) is 0 Å². The summed E-state index contributed by atoms with van der Waals surface area (Å²) in [5.74, 6) is 0.230. The Morgan fingerprint density at radius 1 is 1.05 bits per heavy atom. The van der Waals surface area contributed by atoms with E-state index in [-0.39, 0.29) is 11.4 Å². The highest BCUT2D eigenvalue weighted by Gasteiger charge is 2.19. The molecule has 3 rings (SSSR count). The largest absolute Gasteiger partial charge is 0.456 e. The molecule has 0 aliphatic carbocycles. The summed E-state index contributed by atoms with van der Waals surface area (Å²) in [6, 6.07) is 10.5. The van der Waals surface area contributed by atoms with Crippen molar-refractivity contribution in [3.05, 3.63) is 70.2 Å². The van der Waals surface area contributed by atoms with E-state index in [1.54, 1.807) is 6.07 Å². The molecule has 0 saturated carbocycles. The topological polar surface area (TPSA) is 39.2 Å². The molecule has 1 heterocycles. The van der Waals surface area contributed by atoms with Crippen LogP contribution in [0.1, 0.15) is 34.1 Å². The predicted octanol–water partition coefficient (Wildman–Crippen LogP) is 4.55. The van der Waals surface area contributed by atoms with Gasteiger partial charge >= 0.3 is 0 Å².